The summed E-state index contributed by atoms with van der Waals surface area (Å²) >= 11 is 2.30. The summed E-state index contributed by atoms with van der Waals surface area (Å²) in [6.45, 7) is 2.15. The highest BCUT2D eigenvalue weighted by atomic mass is 127. The lowest BCUT2D eigenvalue weighted by Crippen LogP contribution is -2.28. The quantitative estimate of drug-likeness (QED) is 0.661. The van der Waals surface area contributed by atoms with Crippen LogP contribution in [0, 0.1) is 3.57 Å². The molecule has 17 heavy (non-hydrogen) atoms. The molecule has 3 nitrogen and oxygen atoms in total. The van der Waals surface area contributed by atoms with Crippen LogP contribution in [-0.4, -0.2) is 26.2 Å². The molecule has 1 aliphatic rings. The third-order valence-electron chi connectivity index (χ3n) is 3.16. The Hall–Kier alpha value is -0.620. The predicted molar refractivity (Wildman–Crippen MR) is 75.3 cm³/mol. The smallest absolute Gasteiger partial charge is 0.337 e. The maximum Gasteiger partial charge on any atom is 0.337 e. The van der Waals surface area contributed by atoms with E-state index in [-0.39, 0.29) is 5.97 Å². The Labute approximate surface area is 115 Å². The Morgan fingerprint density at radius 1 is 1.53 bits per heavy atom. The first-order valence-electron chi connectivity index (χ1n) is 5.81. The molecule has 1 N–H and O–H groups in total. The van der Waals surface area contributed by atoms with Crippen LogP contribution in [0.3, 0.4) is 0 Å². The number of ether oxygens (including phenoxy) is 1. The molecule has 1 aromatic carbocycles. The number of methoxy groups -OCH3 is 1. The Morgan fingerprint density at radius 3 is 2.94 bits per heavy atom. The Kier molecular flexibility index (Phi) is 4.39. The summed E-state index contributed by atoms with van der Waals surface area (Å²) in [5.74, 6) is 0.304. The second-order valence-electron chi connectivity index (χ2n) is 4.27. The minimum absolute atomic E-state index is 0.267. The SMILES string of the molecule is COC(=O)c1ccc([C@@H]2CCCNC2)c(I)c1. The third-order valence-corrected chi connectivity index (χ3v) is 4.09. The Morgan fingerprint density at radius 2 is 2.35 bits per heavy atom. The third kappa shape index (κ3) is 2.98. The minimum atomic E-state index is -0.267. The zero-order valence-corrected chi connectivity index (χ0v) is 12.0. The second-order valence-corrected chi connectivity index (χ2v) is 5.43. The molecule has 0 aromatic heterocycles. The molecular weight excluding hydrogens is 329 g/mol. The van der Waals surface area contributed by atoms with Crippen LogP contribution in [0.2, 0.25) is 0 Å². The van der Waals surface area contributed by atoms with Crippen LogP contribution in [-0.2, 0) is 4.74 Å². The van der Waals surface area contributed by atoms with Gasteiger partial charge in [-0.2, -0.15) is 0 Å². The minimum Gasteiger partial charge on any atom is -0.465 e. The number of hydrogen-bond acceptors (Lipinski definition) is 3. The first-order valence-corrected chi connectivity index (χ1v) is 6.88. The Balaban J connectivity index is 2.21. The number of carbonyl (C=O) groups excluding carboxylic acids is 1. The number of nitrogens with one attached hydrogen (secondary N) is 1. The maximum absolute atomic E-state index is 11.4. The predicted octanol–water partition coefficient (Wildman–Crippen LogP) is 2.54. The van der Waals surface area contributed by atoms with Gasteiger partial charge in [-0.05, 0) is 65.6 Å². The highest BCUT2D eigenvalue weighted by Gasteiger charge is 2.18. The van der Waals surface area contributed by atoms with Gasteiger partial charge in [-0.1, -0.05) is 6.07 Å². The lowest BCUT2D eigenvalue weighted by molar-refractivity contribution is 0.0600. The molecular formula is C13H16INO2. The lowest BCUT2D eigenvalue weighted by Gasteiger charge is -2.24. The Bertz CT molecular complexity index is 414. The van der Waals surface area contributed by atoms with E-state index in [4.69, 9.17) is 4.74 Å². The summed E-state index contributed by atoms with van der Waals surface area (Å²) in [5, 5.41) is 3.41. The van der Waals surface area contributed by atoms with Crippen LogP contribution in [0.25, 0.3) is 0 Å². The van der Waals surface area contributed by atoms with Crippen LogP contribution in [0.15, 0.2) is 18.2 Å². The van der Waals surface area contributed by atoms with Crippen molar-refractivity contribution in [3.63, 3.8) is 0 Å². The maximum atomic E-state index is 11.4. The molecule has 0 spiro atoms. The molecule has 92 valence electrons. The van der Waals surface area contributed by atoms with E-state index >= 15 is 0 Å². The van der Waals surface area contributed by atoms with Crippen molar-refractivity contribution in [2.45, 2.75) is 18.8 Å². The van der Waals surface area contributed by atoms with E-state index in [1.807, 2.05) is 12.1 Å². The number of piperidine rings is 1. The van der Waals surface area contributed by atoms with E-state index in [9.17, 15) is 4.79 Å². The van der Waals surface area contributed by atoms with Crippen molar-refractivity contribution in [2.75, 3.05) is 20.2 Å². The number of hydrogen-bond donors (Lipinski definition) is 1. The molecule has 2 rings (SSSR count). The molecule has 1 heterocycles. The molecule has 1 aliphatic heterocycles. The second kappa shape index (κ2) is 5.82. The summed E-state index contributed by atoms with van der Waals surface area (Å²) < 4.78 is 5.87. The molecule has 1 fully saturated rings. The average molecular weight is 345 g/mol. The summed E-state index contributed by atoms with van der Waals surface area (Å²) in [7, 11) is 1.41. The highest BCUT2D eigenvalue weighted by molar-refractivity contribution is 14.1. The topological polar surface area (TPSA) is 38.3 Å². The monoisotopic (exact) mass is 345 g/mol. The van der Waals surface area contributed by atoms with Crippen molar-refractivity contribution in [2.24, 2.45) is 0 Å². The van der Waals surface area contributed by atoms with Crippen molar-refractivity contribution in [3.05, 3.63) is 32.9 Å². The molecule has 0 radical (unpaired) electrons. The van der Waals surface area contributed by atoms with Gasteiger partial charge in [0.15, 0.2) is 0 Å². The number of benzene rings is 1. The van der Waals surface area contributed by atoms with E-state index in [0.29, 0.717) is 11.5 Å². The number of carbonyl (C=O) groups is 1. The molecule has 0 aliphatic carbocycles. The van der Waals surface area contributed by atoms with Gasteiger partial charge in [-0.3, -0.25) is 0 Å². The van der Waals surface area contributed by atoms with E-state index < -0.39 is 0 Å². The van der Waals surface area contributed by atoms with Gasteiger partial charge in [0.25, 0.3) is 0 Å². The number of esters is 1. The van der Waals surface area contributed by atoms with Crippen LogP contribution >= 0.6 is 22.6 Å². The molecule has 0 unspecified atom stereocenters. The van der Waals surface area contributed by atoms with Gasteiger partial charge in [-0.15, -0.1) is 0 Å². The molecule has 1 saturated heterocycles. The number of halogens is 1. The van der Waals surface area contributed by atoms with Crippen molar-refractivity contribution < 1.29 is 9.53 Å². The lowest BCUT2D eigenvalue weighted by atomic mass is 9.91. The zero-order chi connectivity index (χ0) is 12.3. The van der Waals surface area contributed by atoms with Crippen LogP contribution in [0.1, 0.15) is 34.7 Å². The van der Waals surface area contributed by atoms with Crippen molar-refractivity contribution in [1.29, 1.82) is 0 Å². The fraction of sp³-hybridized carbons (Fsp3) is 0.462. The van der Waals surface area contributed by atoms with E-state index in [2.05, 4.69) is 34.0 Å². The van der Waals surface area contributed by atoms with E-state index in [0.717, 1.165) is 16.7 Å². The highest BCUT2D eigenvalue weighted by Crippen LogP contribution is 2.28. The molecule has 1 aromatic rings. The summed E-state index contributed by atoms with van der Waals surface area (Å²) in [6.07, 6.45) is 2.44. The van der Waals surface area contributed by atoms with Gasteiger partial charge < -0.3 is 10.1 Å². The molecule has 4 heteroatoms. The van der Waals surface area contributed by atoms with Crippen molar-refractivity contribution in [1.82, 2.24) is 5.32 Å². The fourth-order valence-corrected chi connectivity index (χ4v) is 3.18. The normalized spacial score (nSPS) is 20.0. The zero-order valence-electron chi connectivity index (χ0n) is 9.83. The van der Waals surface area contributed by atoms with Gasteiger partial charge >= 0.3 is 5.97 Å². The van der Waals surface area contributed by atoms with E-state index in [1.165, 1.54) is 25.5 Å². The summed E-state index contributed by atoms with van der Waals surface area (Å²) in [6, 6.07) is 5.83. The fourth-order valence-electron chi connectivity index (χ4n) is 2.22. The van der Waals surface area contributed by atoms with Crippen LogP contribution in [0.5, 0.6) is 0 Å². The first kappa shape index (κ1) is 12.8. The largest absolute Gasteiger partial charge is 0.465 e. The molecule has 0 amide bonds. The molecule has 0 bridgehead atoms. The van der Waals surface area contributed by atoms with Crippen LogP contribution in [0.4, 0.5) is 0 Å². The van der Waals surface area contributed by atoms with Gasteiger partial charge in [0.2, 0.25) is 0 Å². The van der Waals surface area contributed by atoms with Gasteiger partial charge in [0.05, 0.1) is 12.7 Å². The molecule has 1 atom stereocenters. The summed E-state index contributed by atoms with van der Waals surface area (Å²) in [5.41, 5.74) is 1.97. The van der Waals surface area contributed by atoms with Gasteiger partial charge in [0, 0.05) is 10.1 Å². The van der Waals surface area contributed by atoms with Crippen molar-refractivity contribution in [3.8, 4) is 0 Å². The molecule has 0 saturated carbocycles. The summed E-state index contributed by atoms with van der Waals surface area (Å²) in [4.78, 5) is 11.4. The average Bonchev–Trinajstić information content (AvgIpc) is 2.38. The number of rotatable bonds is 2. The van der Waals surface area contributed by atoms with Gasteiger partial charge in [0.1, 0.15) is 0 Å². The van der Waals surface area contributed by atoms with E-state index in [1.54, 1.807) is 0 Å². The van der Waals surface area contributed by atoms with Gasteiger partial charge in [-0.25, -0.2) is 4.79 Å². The van der Waals surface area contributed by atoms with Crippen molar-refractivity contribution >= 4 is 28.6 Å². The van der Waals surface area contributed by atoms with Crippen LogP contribution < -0.4 is 5.32 Å². The first-order chi connectivity index (χ1) is 8.22. The standard InChI is InChI=1S/C13H16INO2/c1-17-13(16)9-4-5-11(12(14)7-9)10-3-2-6-15-8-10/h4-5,7,10,15H,2-3,6,8H2,1H3/t10-/m1/s1.